The van der Waals surface area contributed by atoms with E-state index in [0.29, 0.717) is 11.8 Å². The van der Waals surface area contributed by atoms with E-state index in [9.17, 15) is 0 Å². The summed E-state index contributed by atoms with van der Waals surface area (Å²) in [6.45, 7) is 4.66. The van der Waals surface area contributed by atoms with Crippen LogP contribution in [0.25, 0.3) is 11.1 Å². The van der Waals surface area contributed by atoms with Crippen LogP contribution in [0.15, 0.2) is 109 Å². The fraction of sp³-hybridized carbons (Fsp3) is 0.200. The fourth-order valence-corrected chi connectivity index (χ4v) is 4.38. The van der Waals surface area contributed by atoms with Crippen LogP contribution in [0, 0.1) is 0 Å². The van der Waals surface area contributed by atoms with E-state index in [4.69, 9.17) is 0 Å². The van der Waals surface area contributed by atoms with Crippen molar-refractivity contribution in [1.82, 2.24) is 0 Å². The van der Waals surface area contributed by atoms with Gasteiger partial charge in [0, 0.05) is 0 Å². The zero-order chi connectivity index (χ0) is 20.8. The standard InChI is InChI=1S/C30H30/c1-23(25-13-5-3-6-14-25)21-27-17-9-11-19-29(27)30-20-12-10-18-28(30)22-24(2)26-15-7-4-8-16-26/h3-20,23-24H,21-22H2,1-2H3. The van der Waals surface area contributed by atoms with Gasteiger partial charge in [-0.3, -0.25) is 0 Å². The molecule has 4 aromatic rings. The smallest absolute Gasteiger partial charge is 0.0149 e. The molecule has 0 nitrogen and oxygen atoms in total. The van der Waals surface area contributed by atoms with Crippen LogP contribution in [0.5, 0.6) is 0 Å². The quantitative estimate of drug-likeness (QED) is 0.299. The van der Waals surface area contributed by atoms with E-state index in [1.807, 2.05) is 0 Å². The summed E-state index contributed by atoms with van der Waals surface area (Å²) in [7, 11) is 0. The number of benzene rings is 4. The predicted octanol–water partition coefficient (Wildman–Crippen LogP) is 8.05. The van der Waals surface area contributed by atoms with Crippen LogP contribution in [-0.2, 0) is 12.8 Å². The first kappa shape index (κ1) is 20.2. The Balaban J connectivity index is 1.64. The van der Waals surface area contributed by atoms with Gasteiger partial charge < -0.3 is 0 Å². The highest BCUT2D eigenvalue weighted by Crippen LogP contribution is 2.33. The Kier molecular flexibility index (Phi) is 6.44. The third-order valence-corrected chi connectivity index (χ3v) is 6.11. The zero-order valence-electron chi connectivity index (χ0n) is 18.0. The molecule has 0 saturated heterocycles. The molecule has 0 bridgehead atoms. The maximum Gasteiger partial charge on any atom is -0.0149 e. The van der Waals surface area contributed by atoms with Gasteiger partial charge in [-0.25, -0.2) is 0 Å². The minimum absolute atomic E-state index is 0.489. The molecule has 150 valence electrons. The Bertz CT molecular complexity index is 974. The van der Waals surface area contributed by atoms with Gasteiger partial charge in [0.15, 0.2) is 0 Å². The van der Waals surface area contributed by atoms with Crippen LogP contribution < -0.4 is 0 Å². The Morgan fingerprint density at radius 1 is 0.433 bits per heavy atom. The van der Waals surface area contributed by atoms with Gasteiger partial charge in [-0.05, 0) is 58.1 Å². The maximum atomic E-state index is 2.33. The summed E-state index contributed by atoms with van der Waals surface area (Å²) in [6, 6.07) is 39.5. The largest absolute Gasteiger partial charge is 0.0622 e. The highest BCUT2D eigenvalue weighted by molar-refractivity contribution is 5.71. The minimum Gasteiger partial charge on any atom is -0.0622 e. The summed E-state index contributed by atoms with van der Waals surface area (Å²) in [4.78, 5) is 0. The van der Waals surface area contributed by atoms with Gasteiger partial charge in [0.1, 0.15) is 0 Å². The topological polar surface area (TPSA) is 0 Å². The lowest BCUT2D eigenvalue weighted by Crippen LogP contribution is -2.03. The van der Waals surface area contributed by atoms with Crippen LogP contribution in [0.2, 0.25) is 0 Å². The van der Waals surface area contributed by atoms with E-state index < -0.39 is 0 Å². The van der Waals surface area contributed by atoms with Gasteiger partial charge in [-0.1, -0.05) is 123 Å². The molecule has 0 aromatic heterocycles. The van der Waals surface area contributed by atoms with Crippen molar-refractivity contribution >= 4 is 0 Å². The molecule has 4 rings (SSSR count). The van der Waals surface area contributed by atoms with E-state index in [1.165, 1.54) is 33.4 Å². The molecule has 0 fully saturated rings. The second-order valence-corrected chi connectivity index (χ2v) is 8.35. The molecule has 0 spiro atoms. The summed E-state index contributed by atoms with van der Waals surface area (Å²) < 4.78 is 0. The molecule has 4 aromatic carbocycles. The molecule has 0 heteroatoms. The van der Waals surface area contributed by atoms with Crippen molar-refractivity contribution in [2.75, 3.05) is 0 Å². The summed E-state index contributed by atoms with van der Waals surface area (Å²) in [6.07, 6.45) is 2.09. The SMILES string of the molecule is CC(Cc1ccccc1-c1ccccc1CC(C)c1ccccc1)c1ccccc1. The van der Waals surface area contributed by atoms with Crippen molar-refractivity contribution in [2.24, 2.45) is 0 Å². The molecule has 0 N–H and O–H groups in total. The highest BCUT2D eigenvalue weighted by atomic mass is 14.2. The monoisotopic (exact) mass is 390 g/mol. The van der Waals surface area contributed by atoms with Gasteiger partial charge in [0.2, 0.25) is 0 Å². The average Bonchev–Trinajstić information content (AvgIpc) is 2.81. The van der Waals surface area contributed by atoms with E-state index in [-0.39, 0.29) is 0 Å². The second-order valence-electron chi connectivity index (χ2n) is 8.35. The highest BCUT2D eigenvalue weighted by Gasteiger charge is 2.15. The predicted molar refractivity (Wildman–Crippen MR) is 129 cm³/mol. The normalized spacial score (nSPS) is 13.0. The van der Waals surface area contributed by atoms with Crippen molar-refractivity contribution < 1.29 is 0 Å². The summed E-state index contributed by atoms with van der Waals surface area (Å²) >= 11 is 0. The van der Waals surface area contributed by atoms with Crippen LogP contribution in [0.3, 0.4) is 0 Å². The third kappa shape index (κ3) is 4.71. The molecule has 0 heterocycles. The zero-order valence-corrected chi connectivity index (χ0v) is 18.0. The van der Waals surface area contributed by atoms with E-state index in [1.54, 1.807) is 0 Å². The van der Waals surface area contributed by atoms with Gasteiger partial charge >= 0.3 is 0 Å². The first-order valence-electron chi connectivity index (χ1n) is 11.0. The van der Waals surface area contributed by atoms with Crippen LogP contribution in [0.4, 0.5) is 0 Å². The number of rotatable bonds is 7. The van der Waals surface area contributed by atoms with Crippen molar-refractivity contribution in [3.63, 3.8) is 0 Å². The van der Waals surface area contributed by atoms with Gasteiger partial charge in [0.05, 0.1) is 0 Å². The molecule has 0 aliphatic heterocycles. The van der Waals surface area contributed by atoms with Gasteiger partial charge in [-0.15, -0.1) is 0 Å². The van der Waals surface area contributed by atoms with Gasteiger partial charge in [0.25, 0.3) is 0 Å². The maximum absolute atomic E-state index is 2.33. The van der Waals surface area contributed by atoms with Crippen LogP contribution >= 0.6 is 0 Å². The lowest BCUT2D eigenvalue weighted by Gasteiger charge is -2.19. The molecule has 0 aliphatic carbocycles. The average molecular weight is 391 g/mol. The first-order chi connectivity index (χ1) is 14.7. The van der Waals surface area contributed by atoms with E-state index >= 15 is 0 Å². The Hall–Kier alpha value is -3.12. The summed E-state index contributed by atoms with van der Waals surface area (Å²) in [5, 5.41) is 0. The molecule has 2 unspecified atom stereocenters. The molecular formula is C30H30. The number of hydrogen-bond acceptors (Lipinski definition) is 0. The van der Waals surface area contributed by atoms with Gasteiger partial charge in [-0.2, -0.15) is 0 Å². The van der Waals surface area contributed by atoms with Crippen molar-refractivity contribution in [1.29, 1.82) is 0 Å². The van der Waals surface area contributed by atoms with Crippen molar-refractivity contribution in [3.8, 4) is 11.1 Å². The van der Waals surface area contributed by atoms with Crippen LogP contribution in [0.1, 0.15) is 47.9 Å². The molecule has 0 radical (unpaired) electrons. The first-order valence-corrected chi connectivity index (χ1v) is 11.0. The lowest BCUT2D eigenvalue weighted by molar-refractivity contribution is 0.755. The Labute approximate surface area is 181 Å². The number of hydrogen-bond donors (Lipinski definition) is 0. The second kappa shape index (κ2) is 9.59. The Morgan fingerprint density at radius 3 is 1.17 bits per heavy atom. The summed E-state index contributed by atoms with van der Waals surface area (Å²) in [5.41, 5.74) is 8.39. The molecular weight excluding hydrogens is 360 g/mol. The van der Waals surface area contributed by atoms with Crippen molar-refractivity contribution in [2.45, 2.75) is 38.5 Å². The molecule has 30 heavy (non-hydrogen) atoms. The molecule has 0 saturated carbocycles. The Morgan fingerprint density at radius 2 is 0.767 bits per heavy atom. The summed E-state index contributed by atoms with van der Waals surface area (Å²) in [5.74, 6) is 0.977. The van der Waals surface area contributed by atoms with E-state index in [2.05, 4.69) is 123 Å². The molecule has 2 atom stereocenters. The molecule has 0 amide bonds. The minimum atomic E-state index is 0.489. The lowest BCUT2D eigenvalue weighted by atomic mass is 9.85. The third-order valence-electron chi connectivity index (χ3n) is 6.11. The van der Waals surface area contributed by atoms with E-state index in [0.717, 1.165) is 12.8 Å². The van der Waals surface area contributed by atoms with Crippen molar-refractivity contribution in [3.05, 3.63) is 131 Å². The van der Waals surface area contributed by atoms with Crippen LogP contribution in [-0.4, -0.2) is 0 Å². The molecule has 0 aliphatic rings. The fourth-order valence-electron chi connectivity index (χ4n) is 4.38.